The molecule has 2 saturated heterocycles. The first kappa shape index (κ1) is 27.5. The van der Waals surface area contributed by atoms with E-state index in [-0.39, 0.29) is 41.6 Å². The molecule has 0 spiro atoms. The number of likely N-dealkylation sites (tertiary alicyclic amines) is 2. The van der Waals surface area contributed by atoms with Gasteiger partial charge in [-0.05, 0) is 38.5 Å². The molecular formula is C27H36ClF2N3O2. The molecule has 3 heterocycles. The molecule has 1 aromatic carbocycles. The van der Waals surface area contributed by atoms with E-state index in [9.17, 15) is 18.7 Å². The molecule has 35 heavy (non-hydrogen) atoms. The topological polar surface area (TPSA) is 56.7 Å². The highest BCUT2D eigenvalue weighted by molar-refractivity contribution is 5.85. The summed E-state index contributed by atoms with van der Waals surface area (Å²) in [6, 6.07) is 7.33. The van der Waals surface area contributed by atoms with Crippen molar-refractivity contribution in [2.75, 3.05) is 26.2 Å². The quantitative estimate of drug-likeness (QED) is 0.660. The Kier molecular flexibility index (Phi) is 7.94. The van der Waals surface area contributed by atoms with Crippen molar-refractivity contribution in [1.29, 1.82) is 0 Å². The van der Waals surface area contributed by atoms with Gasteiger partial charge in [0.1, 0.15) is 11.6 Å². The van der Waals surface area contributed by atoms with Gasteiger partial charge in [-0.15, -0.1) is 12.4 Å². The zero-order valence-electron chi connectivity index (χ0n) is 21.0. The number of benzene rings is 1. The maximum absolute atomic E-state index is 14.8. The number of carbonyl (C=O) groups is 1. The number of hydrogen-bond acceptors (Lipinski definition) is 4. The van der Waals surface area contributed by atoms with Crippen LogP contribution in [-0.2, 0) is 10.4 Å². The Bertz CT molecular complexity index is 1030. The summed E-state index contributed by atoms with van der Waals surface area (Å²) in [7, 11) is 0. The van der Waals surface area contributed by atoms with Crippen LogP contribution in [0.2, 0.25) is 0 Å². The fourth-order valence-electron chi connectivity index (χ4n) is 5.80. The highest BCUT2D eigenvalue weighted by atomic mass is 35.5. The largest absolute Gasteiger partial charge is 0.384 e. The smallest absolute Gasteiger partial charge is 0.227 e. The molecule has 192 valence electrons. The first-order valence-electron chi connectivity index (χ1n) is 12.0. The van der Waals surface area contributed by atoms with Crippen molar-refractivity contribution in [2.24, 2.45) is 17.8 Å². The predicted molar refractivity (Wildman–Crippen MR) is 134 cm³/mol. The van der Waals surface area contributed by atoms with E-state index in [1.54, 1.807) is 12.4 Å². The Morgan fingerprint density at radius 3 is 2.29 bits per heavy atom. The molecule has 0 radical (unpaired) electrons. The summed E-state index contributed by atoms with van der Waals surface area (Å²) in [4.78, 5) is 22.1. The highest BCUT2D eigenvalue weighted by Crippen LogP contribution is 2.43. The summed E-state index contributed by atoms with van der Waals surface area (Å²) in [5.41, 5.74) is -0.127. The molecule has 1 unspecified atom stereocenters. The lowest BCUT2D eigenvalue weighted by Gasteiger charge is -2.48. The third kappa shape index (κ3) is 5.09. The SMILES string of the molecule is C[C@@H]1CN(C(=O)[C@@H]2CN(C(C)(C)C)C[C@H]2c2ccc(F)cc2F)C[C@H](C)C1(O)c1cccnc1.Cl. The minimum atomic E-state index is -1.08. The van der Waals surface area contributed by atoms with E-state index in [2.05, 4.69) is 30.7 Å². The van der Waals surface area contributed by atoms with Crippen LogP contribution in [0.15, 0.2) is 42.7 Å². The van der Waals surface area contributed by atoms with Gasteiger partial charge in [0, 0.05) is 73.5 Å². The molecule has 1 N–H and O–H groups in total. The van der Waals surface area contributed by atoms with E-state index in [0.29, 0.717) is 31.7 Å². The van der Waals surface area contributed by atoms with Crippen molar-refractivity contribution in [3.63, 3.8) is 0 Å². The number of aliphatic hydroxyl groups is 1. The van der Waals surface area contributed by atoms with Gasteiger partial charge in [-0.25, -0.2) is 8.78 Å². The molecule has 8 heteroatoms. The second-order valence-corrected chi connectivity index (χ2v) is 11.1. The summed E-state index contributed by atoms with van der Waals surface area (Å²) in [5.74, 6) is -2.48. The van der Waals surface area contributed by atoms with Crippen molar-refractivity contribution in [3.05, 3.63) is 65.5 Å². The predicted octanol–water partition coefficient (Wildman–Crippen LogP) is 4.60. The third-order valence-corrected chi connectivity index (χ3v) is 7.87. The maximum atomic E-state index is 14.8. The van der Waals surface area contributed by atoms with Gasteiger partial charge in [-0.3, -0.25) is 14.7 Å². The number of carbonyl (C=O) groups excluding carboxylic acids is 1. The van der Waals surface area contributed by atoms with Crippen LogP contribution in [0.4, 0.5) is 8.78 Å². The zero-order valence-corrected chi connectivity index (χ0v) is 21.9. The highest BCUT2D eigenvalue weighted by Gasteiger charge is 2.50. The van der Waals surface area contributed by atoms with Crippen molar-refractivity contribution in [3.8, 4) is 0 Å². The molecule has 2 aliphatic heterocycles. The van der Waals surface area contributed by atoms with Gasteiger partial charge in [0.2, 0.25) is 5.91 Å². The van der Waals surface area contributed by atoms with Gasteiger partial charge in [0.25, 0.3) is 0 Å². The van der Waals surface area contributed by atoms with E-state index in [1.165, 1.54) is 12.1 Å². The number of halogens is 3. The summed E-state index contributed by atoms with van der Waals surface area (Å²) >= 11 is 0. The van der Waals surface area contributed by atoms with Gasteiger partial charge >= 0.3 is 0 Å². The number of piperidine rings is 1. The molecule has 2 fully saturated rings. The van der Waals surface area contributed by atoms with Crippen LogP contribution >= 0.6 is 12.4 Å². The standard InChI is InChI=1S/C27H35F2N3O2.ClH/c1-17-13-31(14-18(2)27(17,34)19-7-6-10-30-12-19)25(33)23-16-32(26(3,4)5)15-22(23)21-9-8-20(28)11-24(21)29;/h6-12,17-18,22-23,34H,13-16H2,1-5H3;1H/t17-,18+,22-,23+,27?;/m0./s1. The number of hydrogen-bond donors (Lipinski definition) is 1. The average molecular weight is 508 g/mol. The molecular weight excluding hydrogens is 472 g/mol. The monoisotopic (exact) mass is 507 g/mol. The number of rotatable bonds is 3. The molecule has 5 nitrogen and oxygen atoms in total. The number of nitrogens with zero attached hydrogens (tertiary/aromatic N) is 3. The first-order valence-corrected chi connectivity index (χ1v) is 12.0. The fourth-order valence-corrected chi connectivity index (χ4v) is 5.80. The molecule has 5 atom stereocenters. The zero-order chi connectivity index (χ0) is 24.8. The van der Waals surface area contributed by atoms with Gasteiger partial charge < -0.3 is 10.0 Å². The minimum Gasteiger partial charge on any atom is -0.384 e. The van der Waals surface area contributed by atoms with E-state index in [1.807, 2.05) is 30.9 Å². The van der Waals surface area contributed by atoms with Crippen LogP contribution < -0.4 is 0 Å². The molecule has 1 amide bonds. The lowest BCUT2D eigenvalue weighted by molar-refractivity contribution is -0.152. The first-order chi connectivity index (χ1) is 15.9. The van der Waals surface area contributed by atoms with Crippen molar-refractivity contribution >= 4 is 18.3 Å². The molecule has 0 bridgehead atoms. The van der Waals surface area contributed by atoms with Gasteiger partial charge in [0.05, 0.1) is 11.5 Å². The Morgan fingerprint density at radius 2 is 1.74 bits per heavy atom. The van der Waals surface area contributed by atoms with Crippen LogP contribution in [0.5, 0.6) is 0 Å². The van der Waals surface area contributed by atoms with E-state index >= 15 is 0 Å². The van der Waals surface area contributed by atoms with Gasteiger partial charge in [-0.2, -0.15) is 0 Å². The summed E-state index contributed by atoms with van der Waals surface area (Å²) in [6.45, 7) is 12.0. The Balaban J connectivity index is 0.00000342. The van der Waals surface area contributed by atoms with Crippen molar-refractivity contribution in [2.45, 2.75) is 51.7 Å². The lowest BCUT2D eigenvalue weighted by Crippen LogP contribution is -2.57. The van der Waals surface area contributed by atoms with Crippen LogP contribution in [-0.4, -0.2) is 57.5 Å². The molecule has 0 saturated carbocycles. The molecule has 2 aromatic rings. The van der Waals surface area contributed by atoms with Crippen LogP contribution in [0, 0.1) is 29.4 Å². The van der Waals surface area contributed by atoms with E-state index in [4.69, 9.17) is 0 Å². The third-order valence-electron chi connectivity index (χ3n) is 7.87. The lowest BCUT2D eigenvalue weighted by atomic mass is 9.71. The van der Waals surface area contributed by atoms with Crippen LogP contribution in [0.1, 0.15) is 51.7 Å². The van der Waals surface area contributed by atoms with Crippen LogP contribution in [0.25, 0.3) is 0 Å². The molecule has 2 aliphatic rings. The Hall–Kier alpha value is -2.09. The fraction of sp³-hybridized carbons (Fsp3) is 0.556. The average Bonchev–Trinajstić information content (AvgIpc) is 3.23. The number of pyridine rings is 1. The van der Waals surface area contributed by atoms with Crippen LogP contribution in [0.3, 0.4) is 0 Å². The minimum absolute atomic E-state index is 0. The normalized spacial score (nSPS) is 29.7. The van der Waals surface area contributed by atoms with Gasteiger partial charge in [0.15, 0.2) is 0 Å². The molecule has 4 rings (SSSR count). The van der Waals surface area contributed by atoms with Crippen molar-refractivity contribution in [1.82, 2.24) is 14.8 Å². The Morgan fingerprint density at radius 1 is 1.09 bits per heavy atom. The Labute approximate surface area is 212 Å². The summed E-state index contributed by atoms with van der Waals surface area (Å²) in [6.07, 6.45) is 3.37. The summed E-state index contributed by atoms with van der Waals surface area (Å²) in [5, 5.41) is 11.6. The van der Waals surface area contributed by atoms with E-state index in [0.717, 1.165) is 11.6 Å². The molecule has 1 aromatic heterocycles. The summed E-state index contributed by atoms with van der Waals surface area (Å²) < 4.78 is 28.4. The molecule has 0 aliphatic carbocycles. The number of amides is 1. The number of aromatic nitrogens is 1. The second kappa shape index (κ2) is 10.1. The van der Waals surface area contributed by atoms with E-state index < -0.39 is 23.2 Å². The second-order valence-electron chi connectivity index (χ2n) is 11.1. The van der Waals surface area contributed by atoms with Crippen molar-refractivity contribution < 1.29 is 18.7 Å². The van der Waals surface area contributed by atoms with Gasteiger partial charge in [-0.1, -0.05) is 26.0 Å². The maximum Gasteiger partial charge on any atom is 0.227 e.